The maximum Gasteiger partial charge on any atom is 0.134 e. The molecule has 2 N–H and O–H groups in total. The van der Waals surface area contributed by atoms with E-state index in [1.54, 1.807) is 0 Å². The molecule has 18 heavy (non-hydrogen) atoms. The first-order chi connectivity index (χ1) is 8.66. The first kappa shape index (κ1) is 17.8. The highest BCUT2D eigenvalue weighted by Crippen LogP contribution is 2.42. The summed E-state index contributed by atoms with van der Waals surface area (Å²) in [5.41, 5.74) is 6.51. The van der Waals surface area contributed by atoms with Crippen molar-refractivity contribution in [1.29, 1.82) is 5.26 Å². The third-order valence-corrected chi connectivity index (χ3v) is 4.73. The van der Waals surface area contributed by atoms with Gasteiger partial charge >= 0.3 is 0 Å². The van der Waals surface area contributed by atoms with Crippen LogP contribution in [0.4, 0.5) is 0 Å². The molecule has 0 saturated heterocycles. The van der Waals surface area contributed by atoms with Crippen molar-refractivity contribution in [3.05, 3.63) is 0 Å². The van der Waals surface area contributed by atoms with Gasteiger partial charge in [-0.1, -0.05) is 59.3 Å². The van der Waals surface area contributed by atoms with Gasteiger partial charge in [-0.25, -0.2) is 0 Å². The van der Waals surface area contributed by atoms with E-state index in [0.29, 0.717) is 0 Å². The Labute approximate surface area is 118 Å². The zero-order valence-corrected chi connectivity index (χ0v) is 13.2. The molecule has 0 rings (SSSR count). The van der Waals surface area contributed by atoms with Gasteiger partial charge in [-0.05, 0) is 36.4 Å². The van der Waals surface area contributed by atoms with Crippen LogP contribution in [-0.2, 0) is 0 Å². The fourth-order valence-corrected chi connectivity index (χ4v) is 3.29. The largest absolute Gasteiger partial charge is 0.318 e. The molecule has 0 aromatic heterocycles. The van der Waals surface area contributed by atoms with Gasteiger partial charge < -0.3 is 5.73 Å². The van der Waals surface area contributed by atoms with E-state index in [-0.39, 0.29) is 10.8 Å². The summed E-state index contributed by atoms with van der Waals surface area (Å²) in [6, 6.07) is 0. The van der Waals surface area contributed by atoms with Crippen molar-refractivity contribution in [3.63, 3.8) is 0 Å². The summed E-state index contributed by atoms with van der Waals surface area (Å²) in [6.07, 6.45) is 10.9. The number of thiocyanates is 1. The van der Waals surface area contributed by atoms with Gasteiger partial charge in [0, 0.05) is 0 Å². The average Bonchev–Trinajstić information content (AvgIpc) is 2.38. The molecule has 0 amide bonds. The molecule has 2 nitrogen and oxygen atoms in total. The van der Waals surface area contributed by atoms with E-state index in [2.05, 4.69) is 26.2 Å². The summed E-state index contributed by atoms with van der Waals surface area (Å²) in [7, 11) is 0. The normalized spacial score (nSPS) is 13.3. The van der Waals surface area contributed by atoms with E-state index < -0.39 is 0 Å². The quantitative estimate of drug-likeness (QED) is 0.422. The van der Waals surface area contributed by atoms with Gasteiger partial charge in [-0.15, -0.1) is 0 Å². The van der Waals surface area contributed by atoms with Crippen LogP contribution >= 0.6 is 11.8 Å². The fraction of sp³-hybridized carbons (Fsp3) is 0.933. The van der Waals surface area contributed by atoms with E-state index in [1.807, 2.05) is 0 Å². The SMILES string of the molecule is CCCCC(CCCC)(CCCC)C(N)SC#N. The Morgan fingerprint density at radius 2 is 1.39 bits per heavy atom. The molecule has 0 fully saturated rings. The topological polar surface area (TPSA) is 49.8 Å². The second-order valence-corrected chi connectivity index (χ2v) is 6.23. The molecule has 1 atom stereocenters. The Morgan fingerprint density at radius 3 is 1.67 bits per heavy atom. The van der Waals surface area contributed by atoms with E-state index in [0.717, 1.165) is 0 Å². The van der Waals surface area contributed by atoms with Crippen molar-refractivity contribution >= 4 is 11.8 Å². The minimum Gasteiger partial charge on any atom is -0.318 e. The van der Waals surface area contributed by atoms with Gasteiger partial charge in [0.15, 0.2) is 0 Å². The maximum absolute atomic E-state index is 8.91. The standard InChI is InChI=1S/C15H30N2S/c1-4-7-10-15(11-8-5-2,12-9-6-3)14(17)18-13-16/h14H,4-12,17H2,1-3H3. The van der Waals surface area contributed by atoms with Crippen LogP contribution < -0.4 is 5.73 Å². The van der Waals surface area contributed by atoms with Crippen LogP contribution in [0.3, 0.4) is 0 Å². The minimum atomic E-state index is -0.0212. The lowest BCUT2D eigenvalue weighted by molar-refractivity contribution is 0.195. The van der Waals surface area contributed by atoms with Crippen LogP contribution in [0.5, 0.6) is 0 Å². The van der Waals surface area contributed by atoms with Crippen molar-refractivity contribution < 1.29 is 0 Å². The van der Waals surface area contributed by atoms with Crippen molar-refractivity contribution in [3.8, 4) is 5.40 Å². The minimum absolute atomic E-state index is 0.0212. The van der Waals surface area contributed by atoms with Crippen LogP contribution in [0, 0.1) is 16.1 Å². The lowest BCUT2D eigenvalue weighted by atomic mass is 9.74. The zero-order chi connectivity index (χ0) is 13.9. The van der Waals surface area contributed by atoms with Gasteiger partial charge in [0.2, 0.25) is 0 Å². The number of nitrogens with two attached hydrogens (primary N) is 1. The van der Waals surface area contributed by atoms with E-state index in [1.165, 1.54) is 69.5 Å². The van der Waals surface area contributed by atoms with Crippen molar-refractivity contribution in [2.45, 2.75) is 83.9 Å². The molecule has 0 aromatic carbocycles. The van der Waals surface area contributed by atoms with E-state index in [4.69, 9.17) is 11.0 Å². The van der Waals surface area contributed by atoms with Gasteiger partial charge in [-0.3, -0.25) is 0 Å². The zero-order valence-electron chi connectivity index (χ0n) is 12.4. The second kappa shape index (κ2) is 10.7. The van der Waals surface area contributed by atoms with Crippen LogP contribution in [0.25, 0.3) is 0 Å². The van der Waals surface area contributed by atoms with E-state index in [9.17, 15) is 0 Å². The maximum atomic E-state index is 8.91. The lowest BCUT2D eigenvalue weighted by Gasteiger charge is -2.38. The van der Waals surface area contributed by atoms with E-state index >= 15 is 0 Å². The molecule has 1 unspecified atom stereocenters. The molecular weight excluding hydrogens is 240 g/mol. The summed E-state index contributed by atoms with van der Waals surface area (Å²) in [5.74, 6) is 0. The van der Waals surface area contributed by atoms with Gasteiger partial charge in [0.25, 0.3) is 0 Å². The van der Waals surface area contributed by atoms with Gasteiger partial charge in [-0.2, -0.15) is 5.26 Å². The predicted molar refractivity (Wildman–Crippen MR) is 82.2 cm³/mol. The summed E-state index contributed by atoms with van der Waals surface area (Å²) >= 11 is 1.27. The molecule has 0 radical (unpaired) electrons. The highest BCUT2D eigenvalue weighted by atomic mass is 32.2. The summed E-state index contributed by atoms with van der Waals surface area (Å²) in [4.78, 5) is 0. The number of thioether (sulfide) groups is 1. The Hall–Kier alpha value is -0.200. The monoisotopic (exact) mass is 270 g/mol. The molecule has 0 bridgehead atoms. The first-order valence-corrected chi connectivity index (χ1v) is 8.35. The number of nitrogens with zero attached hydrogens (tertiary/aromatic N) is 1. The molecule has 106 valence electrons. The Morgan fingerprint density at radius 1 is 1.00 bits per heavy atom. The van der Waals surface area contributed by atoms with Crippen LogP contribution in [0.15, 0.2) is 0 Å². The van der Waals surface area contributed by atoms with Crippen molar-refractivity contribution in [2.75, 3.05) is 0 Å². The smallest absolute Gasteiger partial charge is 0.134 e. The highest BCUT2D eigenvalue weighted by Gasteiger charge is 2.35. The molecule has 0 saturated carbocycles. The molecular formula is C15H30N2S. The lowest BCUT2D eigenvalue weighted by Crippen LogP contribution is -2.39. The third kappa shape index (κ3) is 6.11. The molecule has 3 heteroatoms. The number of rotatable bonds is 11. The fourth-order valence-electron chi connectivity index (χ4n) is 2.57. The van der Waals surface area contributed by atoms with Crippen LogP contribution in [0.2, 0.25) is 0 Å². The molecule has 0 heterocycles. The first-order valence-electron chi connectivity index (χ1n) is 7.47. The summed E-state index contributed by atoms with van der Waals surface area (Å²) in [6.45, 7) is 6.69. The second-order valence-electron chi connectivity index (χ2n) is 5.30. The third-order valence-electron chi connectivity index (χ3n) is 3.87. The predicted octanol–water partition coefficient (Wildman–Crippen LogP) is 5.04. The number of hydrogen-bond acceptors (Lipinski definition) is 3. The van der Waals surface area contributed by atoms with Gasteiger partial charge in [0.1, 0.15) is 5.40 Å². The molecule has 0 aromatic rings. The molecule has 0 aliphatic heterocycles. The summed E-state index contributed by atoms with van der Waals surface area (Å²) < 4.78 is 0. The Balaban J connectivity index is 4.78. The number of hydrogen-bond donors (Lipinski definition) is 1. The Bertz CT molecular complexity index is 213. The molecule has 0 aliphatic rings. The average molecular weight is 270 g/mol. The molecule has 0 spiro atoms. The molecule has 0 aliphatic carbocycles. The van der Waals surface area contributed by atoms with Crippen LogP contribution in [-0.4, -0.2) is 5.37 Å². The highest BCUT2D eigenvalue weighted by molar-refractivity contribution is 8.04. The van der Waals surface area contributed by atoms with Crippen molar-refractivity contribution in [1.82, 2.24) is 0 Å². The van der Waals surface area contributed by atoms with Gasteiger partial charge in [0.05, 0.1) is 5.37 Å². The van der Waals surface area contributed by atoms with Crippen molar-refractivity contribution in [2.24, 2.45) is 11.1 Å². The summed E-state index contributed by atoms with van der Waals surface area (Å²) in [5, 5.41) is 11.1. The number of unbranched alkanes of at least 4 members (excludes halogenated alkanes) is 3. The van der Waals surface area contributed by atoms with Crippen LogP contribution in [0.1, 0.15) is 78.6 Å². The number of nitriles is 1. The Kier molecular flexibility index (Phi) is 10.6.